The van der Waals surface area contributed by atoms with Crippen LogP contribution in [0.25, 0.3) is 0 Å². The van der Waals surface area contributed by atoms with Gasteiger partial charge in [0, 0.05) is 0 Å². The van der Waals surface area contributed by atoms with Crippen molar-refractivity contribution in [1.29, 1.82) is 0 Å². The molecule has 3 aromatic rings. The number of benzene rings is 3. The van der Waals surface area contributed by atoms with Crippen LogP contribution in [0.15, 0.2) is 84.9 Å². The second-order valence-corrected chi connectivity index (χ2v) is 7.93. The van der Waals surface area contributed by atoms with Gasteiger partial charge in [0.05, 0.1) is 25.7 Å². The van der Waals surface area contributed by atoms with Crippen molar-refractivity contribution in [2.75, 3.05) is 20.3 Å². The molecule has 0 heterocycles. The smallest absolute Gasteiger partial charge is 0.314 e. The van der Waals surface area contributed by atoms with Gasteiger partial charge in [-0.25, -0.2) is 0 Å². The Morgan fingerprint density at radius 1 is 0.839 bits per heavy atom. The fourth-order valence-corrected chi connectivity index (χ4v) is 4.01. The second kappa shape index (κ2) is 8.94. The molecule has 31 heavy (non-hydrogen) atoms. The summed E-state index contributed by atoms with van der Waals surface area (Å²) in [5, 5.41) is 0. The molecule has 0 atom stereocenters. The van der Waals surface area contributed by atoms with Gasteiger partial charge in [0.2, 0.25) is 0 Å². The Labute approximate surface area is 183 Å². The van der Waals surface area contributed by atoms with Crippen molar-refractivity contribution >= 4 is 5.97 Å². The van der Waals surface area contributed by atoms with E-state index in [2.05, 4.69) is 24.3 Å². The molecule has 4 rings (SSSR count). The van der Waals surface area contributed by atoms with Crippen LogP contribution in [-0.2, 0) is 19.9 Å². The Balaban J connectivity index is 1.83. The number of hydrogen-bond acceptors (Lipinski definition) is 4. The van der Waals surface area contributed by atoms with Gasteiger partial charge in [-0.15, -0.1) is 0 Å². The van der Waals surface area contributed by atoms with E-state index in [4.69, 9.17) is 14.2 Å². The molecule has 0 aliphatic heterocycles. The van der Waals surface area contributed by atoms with Gasteiger partial charge in [-0.2, -0.15) is 0 Å². The third-order valence-electron chi connectivity index (χ3n) is 5.98. The lowest BCUT2D eigenvalue weighted by Gasteiger charge is -2.37. The van der Waals surface area contributed by atoms with Gasteiger partial charge < -0.3 is 14.2 Å². The van der Waals surface area contributed by atoms with Crippen molar-refractivity contribution in [2.24, 2.45) is 5.41 Å². The lowest BCUT2D eigenvalue weighted by molar-refractivity contribution is -0.154. The summed E-state index contributed by atoms with van der Waals surface area (Å²) in [5.74, 6) is 0.615. The van der Waals surface area contributed by atoms with E-state index in [1.54, 1.807) is 7.11 Å². The van der Waals surface area contributed by atoms with Gasteiger partial charge in [-0.1, -0.05) is 72.8 Å². The summed E-state index contributed by atoms with van der Waals surface area (Å²) < 4.78 is 17.5. The van der Waals surface area contributed by atoms with Crippen molar-refractivity contribution in [3.8, 4) is 5.75 Å². The molecule has 1 aliphatic carbocycles. The maximum Gasteiger partial charge on any atom is 0.314 e. The summed E-state index contributed by atoms with van der Waals surface area (Å²) >= 11 is 0. The molecule has 1 fully saturated rings. The number of carbonyl (C=O) groups is 1. The third-order valence-corrected chi connectivity index (χ3v) is 5.98. The number of carbonyl (C=O) groups excluding carboxylic acids is 1. The third kappa shape index (κ3) is 4.08. The summed E-state index contributed by atoms with van der Waals surface area (Å²) in [4.78, 5) is 12.6. The van der Waals surface area contributed by atoms with Crippen LogP contribution in [0, 0.1) is 5.41 Å². The van der Waals surface area contributed by atoms with Crippen LogP contribution in [0.3, 0.4) is 0 Å². The van der Waals surface area contributed by atoms with Crippen LogP contribution >= 0.6 is 0 Å². The Morgan fingerprint density at radius 3 is 1.81 bits per heavy atom. The van der Waals surface area contributed by atoms with Crippen LogP contribution in [-0.4, -0.2) is 26.3 Å². The molecule has 0 radical (unpaired) electrons. The Morgan fingerprint density at radius 2 is 1.35 bits per heavy atom. The molecule has 0 N–H and O–H groups in total. The molecule has 0 bridgehead atoms. The Kier molecular flexibility index (Phi) is 6.10. The summed E-state index contributed by atoms with van der Waals surface area (Å²) in [7, 11) is 1.66. The molecule has 3 aromatic carbocycles. The molecule has 0 spiro atoms. The SMILES string of the molecule is CCOC(=O)C1(COC(c2ccccc2)(c2ccccc2)c2ccc(OC)cc2)CC1. The van der Waals surface area contributed by atoms with Gasteiger partial charge in [0.1, 0.15) is 11.4 Å². The van der Waals surface area contributed by atoms with Crippen LogP contribution in [0.1, 0.15) is 36.5 Å². The first-order chi connectivity index (χ1) is 15.1. The molecule has 4 nitrogen and oxygen atoms in total. The number of hydrogen-bond donors (Lipinski definition) is 0. The van der Waals surface area contributed by atoms with E-state index in [0.717, 1.165) is 35.3 Å². The average Bonchev–Trinajstić information content (AvgIpc) is 3.63. The fraction of sp³-hybridized carbons (Fsp3) is 0.296. The first-order valence-corrected chi connectivity index (χ1v) is 10.7. The Bertz CT molecular complexity index is 953. The minimum atomic E-state index is -0.864. The number of esters is 1. The molecule has 0 amide bonds. The molecule has 4 heteroatoms. The van der Waals surface area contributed by atoms with Crippen molar-refractivity contribution in [1.82, 2.24) is 0 Å². The molecule has 1 saturated carbocycles. The highest BCUT2D eigenvalue weighted by Gasteiger charge is 2.53. The zero-order chi connectivity index (χ0) is 21.7. The first kappa shape index (κ1) is 21.1. The fourth-order valence-electron chi connectivity index (χ4n) is 4.01. The zero-order valence-electron chi connectivity index (χ0n) is 18.0. The number of rotatable bonds is 9. The molecule has 0 unspecified atom stereocenters. The van der Waals surface area contributed by atoms with Crippen molar-refractivity contribution in [3.63, 3.8) is 0 Å². The van der Waals surface area contributed by atoms with Crippen LogP contribution in [0.2, 0.25) is 0 Å². The van der Waals surface area contributed by atoms with Crippen LogP contribution in [0.5, 0.6) is 5.75 Å². The van der Waals surface area contributed by atoms with Crippen LogP contribution in [0.4, 0.5) is 0 Å². The van der Waals surface area contributed by atoms with Crippen molar-refractivity contribution in [3.05, 3.63) is 102 Å². The lowest BCUT2D eigenvalue weighted by Crippen LogP contribution is -2.37. The molecule has 0 aromatic heterocycles. The van der Waals surface area contributed by atoms with E-state index in [0.29, 0.717) is 13.2 Å². The van der Waals surface area contributed by atoms with Gasteiger partial charge in [-0.3, -0.25) is 4.79 Å². The molecule has 1 aliphatic rings. The highest BCUT2D eigenvalue weighted by atomic mass is 16.5. The molecular formula is C27H28O4. The minimum Gasteiger partial charge on any atom is -0.497 e. The lowest BCUT2D eigenvalue weighted by atomic mass is 9.80. The molecule has 0 saturated heterocycles. The van der Waals surface area contributed by atoms with Gasteiger partial charge in [0.25, 0.3) is 0 Å². The largest absolute Gasteiger partial charge is 0.497 e. The first-order valence-electron chi connectivity index (χ1n) is 10.7. The van der Waals surface area contributed by atoms with E-state index in [9.17, 15) is 4.79 Å². The summed E-state index contributed by atoms with van der Waals surface area (Å²) in [5.41, 5.74) is 1.57. The van der Waals surface area contributed by atoms with E-state index in [1.807, 2.05) is 67.6 Å². The normalized spacial score (nSPS) is 14.6. The van der Waals surface area contributed by atoms with Gasteiger partial charge >= 0.3 is 5.97 Å². The standard InChI is InChI=1S/C27H28O4/c1-3-30-25(28)26(18-19-26)20-31-27(21-10-6-4-7-11-21,22-12-8-5-9-13-22)23-14-16-24(29-2)17-15-23/h4-17H,3,18-20H2,1-2H3. The van der Waals surface area contributed by atoms with Crippen molar-refractivity contribution in [2.45, 2.75) is 25.4 Å². The highest BCUT2D eigenvalue weighted by Crippen LogP contribution is 2.50. The van der Waals surface area contributed by atoms with Crippen LogP contribution < -0.4 is 4.74 Å². The predicted octanol–water partition coefficient (Wildman–Crippen LogP) is 5.35. The van der Waals surface area contributed by atoms with E-state index in [-0.39, 0.29) is 5.97 Å². The monoisotopic (exact) mass is 416 g/mol. The topological polar surface area (TPSA) is 44.8 Å². The van der Waals surface area contributed by atoms with E-state index < -0.39 is 11.0 Å². The maximum atomic E-state index is 12.6. The minimum absolute atomic E-state index is 0.167. The van der Waals surface area contributed by atoms with Gasteiger partial charge in [0.15, 0.2) is 0 Å². The Hall–Kier alpha value is -3.11. The average molecular weight is 417 g/mol. The summed E-state index contributed by atoms with van der Waals surface area (Å²) in [6, 6.07) is 28.3. The highest BCUT2D eigenvalue weighted by molar-refractivity contribution is 5.80. The number of methoxy groups -OCH3 is 1. The van der Waals surface area contributed by atoms with Crippen molar-refractivity contribution < 1.29 is 19.0 Å². The van der Waals surface area contributed by atoms with E-state index in [1.165, 1.54) is 0 Å². The summed E-state index contributed by atoms with van der Waals surface area (Å²) in [6.07, 6.45) is 1.57. The quantitative estimate of drug-likeness (QED) is 0.349. The van der Waals surface area contributed by atoms with E-state index >= 15 is 0 Å². The molecular weight excluding hydrogens is 388 g/mol. The predicted molar refractivity (Wildman–Crippen MR) is 120 cm³/mol. The summed E-state index contributed by atoms with van der Waals surface area (Å²) in [6.45, 7) is 2.51. The second-order valence-electron chi connectivity index (χ2n) is 7.93. The zero-order valence-corrected chi connectivity index (χ0v) is 18.0. The number of ether oxygens (including phenoxy) is 3. The van der Waals surface area contributed by atoms with Gasteiger partial charge in [-0.05, 0) is 48.6 Å². The molecule has 160 valence electrons. The maximum absolute atomic E-state index is 12.6.